The van der Waals surface area contributed by atoms with Crippen LogP contribution in [0.5, 0.6) is 0 Å². The molecule has 0 aliphatic carbocycles. The molecule has 0 aromatic heterocycles. The minimum absolute atomic E-state index is 0.545. The monoisotopic (exact) mass is 311 g/mol. The van der Waals surface area contributed by atoms with Crippen molar-refractivity contribution in [2.24, 2.45) is 0 Å². The standard InChI is InChI=1S/C14H22BrN3/c1-11-4-5-12(8-14(11)15)18-7-6-16-9-13(18)10-17(2)3/h4-5,8,13,16H,6-7,9-10H2,1-3H3. The molecule has 4 heteroatoms. The molecule has 1 atom stereocenters. The second-order valence-corrected chi connectivity index (χ2v) is 6.10. The number of aryl methyl sites for hydroxylation is 1. The van der Waals surface area contributed by atoms with Crippen molar-refractivity contribution in [3.63, 3.8) is 0 Å². The van der Waals surface area contributed by atoms with Crippen LogP contribution in [0.3, 0.4) is 0 Å². The van der Waals surface area contributed by atoms with Gasteiger partial charge in [-0.1, -0.05) is 22.0 Å². The van der Waals surface area contributed by atoms with E-state index in [1.807, 2.05) is 0 Å². The van der Waals surface area contributed by atoms with Gasteiger partial charge in [0.05, 0.1) is 6.04 Å². The molecule has 0 spiro atoms. The van der Waals surface area contributed by atoms with Gasteiger partial charge in [-0.3, -0.25) is 0 Å². The van der Waals surface area contributed by atoms with E-state index in [9.17, 15) is 0 Å². The van der Waals surface area contributed by atoms with Crippen LogP contribution in [0.4, 0.5) is 5.69 Å². The Morgan fingerprint density at radius 1 is 1.44 bits per heavy atom. The lowest BCUT2D eigenvalue weighted by Crippen LogP contribution is -2.55. The summed E-state index contributed by atoms with van der Waals surface area (Å²) >= 11 is 3.63. The van der Waals surface area contributed by atoms with Crippen molar-refractivity contribution < 1.29 is 0 Å². The number of nitrogens with zero attached hydrogens (tertiary/aromatic N) is 2. The first-order valence-corrected chi connectivity index (χ1v) is 7.25. The number of rotatable bonds is 3. The van der Waals surface area contributed by atoms with E-state index in [1.165, 1.54) is 15.7 Å². The van der Waals surface area contributed by atoms with E-state index >= 15 is 0 Å². The smallest absolute Gasteiger partial charge is 0.0541 e. The third-order valence-electron chi connectivity index (χ3n) is 3.41. The molecule has 2 rings (SSSR count). The summed E-state index contributed by atoms with van der Waals surface area (Å²) in [6.45, 7) is 6.41. The van der Waals surface area contributed by atoms with Crippen LogP contribution in [0, 0.1) is 6.92 Å². The van der Waals surface area contributed by atoms with E-state index in [4.69, 9.17) is 0 Å². The maximum Gasteiger partial charge on any atom is 0.0541 e. The largest absolute Gasteiger partial charge is 0.365 e. The van der Waals surface area contributed by atoms with Crippen molar-refractivity contribution in [3.05, 3.63) is 28.2 Å². The van der Waals surface area contributed by atoms with Crippen molar-refractivity contribution in [2.75, 3.05) is 45.2 Å². The first-order chi connectivity index (χ1) is 8.58. The van der Waals surface area contributed by atoms with E-state index in [-0.39, 0.29) is 0 Å². The lowest BCUT2D eigenvalue weighted by molar-refractivity contribution is 0.337. The normalized spacial score (nSPS) is 20.5. The lowest BCUT2D eigenvalue weighted by atomic mass is 10.1. The molecule has 1 aliphatic rings. The first-order valence-electron chi connectivity index (χ1n) is 6.46. The Kier molecular flexibility index (Phi) is 4.65. The number of anilines is 1. The van der Waals surface area contributed by atoms with Gasteiger partial charge in [0.2, 0.25) is 0 Å². The van der Waals surface area contributed by atoms with Crippen molar-refractivity contribution >= 4 is 21.6 Å². The second-order valence-electron chi connectivity index (χ2n) is 5.25. The van der Waals surface area contributed by atoms with Gasteiger partial charge in [0, 0.05) is 36.3 Å². The summed E-state index contributed by atoms with van der Waals surface area (Å²) < 4.78 is 1.20. The summed E-state index contributed by atoms with van der Waals surface area (Å²) in [6.07, 6.45) is 0. The van der Waals surface area contributed by atoms with Gasteiger partial charge in [0.15, 0.2) is 0 Å². The lowest BCUT2D eigenvalue weighted by Gasteiger charge is -2.39. The fourth-order valence-electron chi connectivity index (χ4n) is 2.45. The highest BCUT2D eigenvalue weighted by Gasteiger charge is 2.23. The summed E-state index contributed by atoms with van der Waals surface area (Å²) in [5.41, 5.74) is 2.61. The Bertz CT molecular complexity index is 406. The van der Waals surface area contributed by atoms with E-state index in [1.54, 1.807) is 0 Å². The number of hydrogen-bond donors (Lipinski definition) is 1. The summed E-state index contributed by atoms with van der Waals surface area (Å²) in [7, 11) is 4.27. The molecule has 0 radical (unpaired) electrons. The van der Waals surface area contributed by atoms with Crippen LogP contribution >= 0.6 is 15.9 Å². The third-order valence-corrected chi connectivity index (χ3v) is 4.27. The van der Waals surface area contributed by atoms with Crippen molar-refractivity contribution in [3.8, 4) is 0 Å². The van der Waals surface area contributed by atoms with Crippen molar-refractivity contribution in [1.29, 1.82) is 0 Å². The fraction of sp³-hybridized carbons (Fsp3) is 0.571. The first kappa shape index (κ1) is 13.8. The number of benzene rings is 1. The van der Waals surface area contributed by atoms with E-state index in [0.717, 1.165) is 26.2 Å². The van der Waals surface area contributed by atoms with Crippen LogP contribution in [-0.4, -0.2) is 51.2 Å². The van der Waals surface area contributed by atoms with Gasteiger partial charge >= 0.3 is 0 Å². The second kappa shape index (κ2) is 6.04. The Labute approximate surface area is 118 Å². The van der Waals surface area contributed by atoms with E-state index < -0.39 is 0 Å². The highest BCUT2D eigenvalue weighted by molar-refractivity contribution is 9.10. The fourth-order valence-corrected chi connectivity index (χ4v) is 2.81. The van der Waals surface area contributed by atoms with Gasteiger partial charge in [-0.25, -0.2) is 0 Å². The van der Waals surface area contributed by atoms with Crippen LogP contribution in [0.25, 0.3) is 0 Å². The quantitative estimate of drug-likeness (QED) is 0.922. The van der Waals surface area contributed by atoms with Crippen LogP contribution in [0.15, 0.2) is 22.7 Å². The molecule has 0 amide bonds. The molecule has 18 heavy (non-hydrogen) atoms. The summed E-state index contributed by atoms with van der Waals surface area (Å²) in [5.74, 6) is 0. The molecule has 1 fully saturated rings. The van der Waals surface area contributed by atoms with Gasteiger partial charge in [-0.15, -0.1) is 0 Å². The molecular formula is C14H22BrN3. The molecule has 100 valence electrons. The predicted molar refractivity (Wildman–Crippen MR) is 81.4 cm³/mol. The summed E-state index contributed by atoms with van der Waals surface area (Å²) in [5, 5.41) is 3.49. The van der Waals surface area contributed by atoms with Crippen LogP contribution in [0.2, 0.25) is 0 Å². The zero-order valence-corrected chi connectivity index (χ0v) is 13.0. The summed E-state index contributed by atoms with van der Waals surface area (Å²) in [6, 6.07) is 7.20. The Morgan fingerprint density at radius 2 is 2.22 bits per heavy atom. The predicted octanol–water partition coefficient (Wildman–Crippen LogP) is 2.10. The van der Waals surface area contributed by atoms with Gasteiger partial charge in [0.1, 0.15) is 0 Å². The van der Waals surface area contributed by atoms with E-state index in [0.29, 0.717) is 6.04 Å². The minimum Gasteiger partial charge on any atom is -0.365 e. The number of likely N-dealkylation sites (N-methyl/N-ethyl adjacent to an activating group) is 1. The zero-order chi connectivity index (χ0) is 13.1. The van der Waals surface area contributed by atoms with Crippen LogP contribution in [0.1, 0.15) is 5.56 Å². The molecule has 0 saturated carbocycles. The average Bonchev–Trinajstić information content (AvgIpc) is 2.33. The zero-order valence-electron chi connectivity index (χ0n) is 11.4. The highest BCUT2D eigenvalue weighted by atomic mass is 79.9. The molecule has 3 nitrogen and oxygen atoms in total. The maximum absolute atomic E-state index is 3.63. The average molecular weight is 312 g/mol. The number of nitrogens with one attached hydrogen (secondary N) is 1. The Balaban J connectivity index is 2.19. The van der Waals surface area contributed by atoms with Gasteiger partial charge in [-0.05, 0) is 38.7 Å². The van der Waals surface area contributed by atoms with Gasteiger partial charge < -0.3 is 15.1 Å². The van der Waals surface area contributed by atoms with Crippen LogP contribution < -0.4 is 10.2 Å². The number of piperazine rings is 1. The third kappa shape index (κ3) is 3.25. The Morgan fingerprint density at radius 3 is 2.89 bits per heavy atom. The molecule has 1 saturated heterocycles. The minimum atomic E-state index is 0.545. The maximum atomic E-state index is 3.63. The summed E-state index contributed by atoms with van der Waals surface area (Å²) in [4.78, 5) is 4.77. The highest BCUT2D eigenvalue weighted by Crippen LogP contribution is 2.25. The molecule has 0 bridgehead atoms. The van der Waals surface area contributed by atoms with Crippen molar-refractivity contribution in [2.45, 2.75) is 13.0 Å². The molecular weight excluding hydrogens is 290 g/mol. The van der Waals surface area contributed by atoms with Gasteiger partial charge in [0.25, 0.3) is 0 Å². The number of halogens is 1. The number of hydrogen-bond acceptors (Lipinski definition) is 3. The van der Waals surface area contributed by atoms with Crippen LogP contribution in [-0.2, 0) is 0 Å². The molecule has 1 unspecified atom stereocenters. The molecule has 1 aliphatic heterocycles. The molecule has 1 N–H and O–H groups in total. The Hall–Kier alpha value is -0.580. The molecule has 1 aromatic rings. The molecule has 1 aromatic carbocycles. The SMILES string of the molecule is Cc1ccc(N2CCNCC2CN(C)C)cc1Br. The van der Waals surface area contributed by atoms with Crippen molar-refractivity contribution in [1.82, 2.24) is 10.2 Å². The van der Waals surface area contributed by atoms with E-state index in [2.05, 4.69) is 70.3 Å². The topological polar surface area (TPSA) is 18.5 Å². The molecule has 1 heterocycles. The van der Waals surface area contributed by atoms with Gasteiger partial charge in [-0.2, -0.15) is 0 Å².